The predicted octanol–water partition coefficient (Wildman–Crippen LogP) is 2.43. The van der Waals surface area contributed by atoms with Crippen molar-refractivity contribution in [2.24, 2.45) is 0 Å². The molecule has 8 heteroatoms. The summed E-state index contributed by atoms with van der Waals surface area (Å²) in [6.07, 6.45) is 4.34. The lowest BCUT2D eigenvalue weighted by atomic mass is 10.3. The minimum atomic E-state index is -0.425. The molecular weight excluding hydrogens is 278 g/mol. The van der Waals surface area contributed by atoms with Gasteiger partial charge in [-0.1, -0.05) is 0 Å². The molecule has 2 rings (SSSR count). The molecule has 1 aromatic rings. The first-order chi connectivity index (χ1) is 9.51. The standard InChI is InChI=1S/C12H19N5O2S/c1-4-13-11-15-8(2)9(17(18)19)10(16-11)14-7-12(20-3)5-6-12/h4-7H2,1-3H3,(H2,13,14,15,16). The largest absolute Gasteiger partial charge is 0.363 e. The van der Waals surface area contributed by atoms with E-state index < -0.39 is 4.92 Å². The summed E-state index contributed by atoms with van der Waals surface area (Å²) in [7, 11) is 0. The lowest BCUT2D eigenvalue weighted by Gasteiger charge is -2.14. The minimum absolute atomic E-state index is 0.0384. The number of aryl methyl sites for hydroxylation is 1. The van der Waals surface area contributed by atoms with Crippen LogP contribution in [0.1, 0.15) is 25.5 Å². The van der Waals surface area contributed by atoms with Crippen LogP contribution < -0.4 is 10.6 Å². The van der Waals surface area contributed by atoms with Gasteiger partial charge in [0.1, 0.15) is 5.69 Å². The van der Waals surface area contributed by atoms with Crippen molar-refractivity contribution in [1.29, 1.82) is 0 Å². The number of nitrogens with zero attached hydrogens (tertiary/aromatic N) is 3. The second-order valence-corrected chi connectivity index (χ2v) is 6.13. The molecule has 0 saturated heterocycles. The van der Waals surface area contributed by atoms with E-state index in [0.717, 1.165) is 12.8 Å². The fraction of sp³-hybridized carbons (Fsp3) is 0.667. The molecule has 0 bridgehead atoms. The van der Waals surface area contributed by atoms with Crippen LogP contribution in [0, 0.1) is 17.0 Å². The molecular formula is C12H19N5O2S. The summed E-state index contributed by atoms with van der Waals surface area (Å²) in [6.45, 7) is 4.93. The third-order valence-corrected chi connectivity index (χ3v) is 4.81. The first-order valence-electron chi connectivity index (χ1n) is 6.57. The van der Waals surface area contributed by atoms with Gasteiger partial charge in [-0.3, -0.25) is 10.1 Å². The molecule has 1 fully saturated rings. The highest BCUT2D eigenvalue weighted by molar-refractivity contribution is 8.00. The van der Waals surface area contributed by atoms with Crippen LogP contribution >= 0.6 is 11.8 Å². The summed E-state index contributed by atoms with van der Waals surface area (Å²) < 4.78 is 0.213. The van der Waals surface area contributed by atoms with E-state index in [9.17, 15) is 10.1 Å². The quantitative estimate of drug-likeness (QED) is 0.589. The smallest absolute Gasteiger partial charge is 0.332 e. The van der Waals surface area contributed by atoms with Gasteiger partial charge in [-0.15, -0.1) is 0 Å². The second-order valence-electron chi connectivity index (χ2n) is 4.86. The van der Waals surface area contributed by atoms with E-state index in [-0.39, 0.29) is 10.4 Å². The molecule has 0 spiro atoms. The molecule has 0 unspecified atom stereocenters. The van der Waals surface area contributed by atoms with Gasteiger partial charge in [0.2, 0.25) is 11.8 Å². The fourth-order valence-corrected chi connectivity index (χ4v) is 2.71. The molecule has 7 nitrogen and oxygen atoms in total. The highest BCUT2D eigenvalue weighted by Gasteiger charge is 2.42. The zero-order valence-corrected chi connectivity index (χ0v) is 12.7. The summed E-state index contributed by atoms with van der Waals surface area (Å²) in [5.41, 5.74) is 0.334. The van der Waals surface area contributed by atoms with Crippen LogP contribution in [0.15, 0.2) is 0 Å². The normalized spacial score (nSPS) is 15.8. The van der Waals surface area contributed by atoms with Gasteiger partial charge in [-0.2, -0.15) is 16.7 Å². The molecule has 1 aliphatic carbocycles. The van der Waals surface area contributed by atoms with Gasteiger partial charge in [-0.25, -0.2) is 4.98 Å². The van der Waals surface area contributed by atoms with Crippen molar-refractivity contribution in [3.63, 3.8) is 0 Å². The average Bonchev–Trinajstić information content (AvgIpc) is 3.16. The maximum atomic E-state index is 11.2. The molecule has 20 heavy (non-hydrogen) atoms. The van der Waals surface area contributed by atoms with Crippen LogP contribution in [0.3, 0.4) is 0 Å². The third-order valence-electron chi connectivity index (χ3n) is 3.39. The fourth-order valence-electron chi connectivity index (χ4n) is 1.98. The van der Waals surface area contributed by atoms with Gasteiger partial charge in [0.25, 0.3) is 0 Å². The third kappa shape index (κ3) is 3.12. The van der Waals surface area contributed by atoms with Gasteiger partial charge >= 0.3 is 5.69 Å². The maximum Gasteiger partial charge on any atom is 0.332 e. The molecule has 0 amide bonds. The number of thioether (sulfide) groups is 1. The van der Waals surface area contributed by atoms with Crippen LogP contribution in [0.2, 0.25) is 0 Å². The molecule has 0 aliphatic heterocycles. The number of rotatable bonds is 7. The van der Waals surface area contributed by atoms with E-state index in [1.807, 2.05) is 6.92 Å². The van der Waals surface area contributed by atoms with E-state index in [2.05, 4.69) is 26.9 Å². The Balaban J connectivity index is 2.25. The summed E-state index contributed by atoms with van der Waals surface area (Å²) in [5.74, 6) is 0.728. The van der Waals surface area contributed by atoms with Crippen LogP contribution in [0.25, 0.3) is 0 Å². The van der Waals surface area contributed by atoms with Crippen molar-refractivity contribution in [1.82, 2.24) is 9.97 Å². The SMILES string of the molecule is CCNc1nc(C)c([N+](=O)[O-])c(NCC2(SC)CC2)n1. The van der Waals surface area contributed by atoms with Crippen LogP contribution in [0.4, 0.5) is 17.5 Å². The Morgan fingerprint density at radius 2 is 2.10 bits per heavy atom. The zero-order valence-electron chi connectivity index (χ0n) is 11.9. The average molecular weight is 297 g/mol. The summed E-state index contributed by atoms with van der Waals surface area (Å²) >= 11 is 1.80. The molecule has 1 aliphatic rings. The molecule has 1 heterocycles. The highest BCUT2D eigenvalue weighted by atomic mass is 32.2. The molecule has 0 aromatic carbocycles. The van der Waals surface area contributed by atoms with Crippen molar-refractivity contribution in [3.05, 3.63) is 15.8 Å². The zero-order chi connectivity index (χ0) is 14.8. The van der Waals surface area contributed by atoms with Gasteiger partial charge in [0.05, 0.1) is 4.92 Å². The van der Waals surface area contributed by atoms with Crippen molar-refractivity contribution >= 4 is 29.2 Å². The predicted molar refractivity (Wildman–Crippen MR) is 81.6 cm³/mol. The van der Waals surface area contributed by atoms with E-state index in [0.29, 0.717) is 30.5 Å². The molecule has 1 aromatic heterocycles. The van der Waals surface area contributed by atoms with E-state index in [1.165, 1.54) is 0 Å². The van der Waals surface area contributed by atoms with Crippen LogP contribution in [0.5, 0.6) is 0 Å². The number of nitro groups is 1. The second kappa shape index (κ2) is 5.82. The Hall–Kier alpha value is -1.57. The van der Waals surface area contributed by atoms with E-state index in [4.69, 9.17) is 0 Å². The summed E-state index contributed by atoms with van der Waals surface area (Å²) in [6, 6.07) is 0. The Labute approximate surface area is 122 Å². The van der Waals surface area contributed by atoms with Crippen molar-refractivity contribution in [3.8, 4) is 0 Å². The first kappa shape index (κ1) is 14.8. The maximum absolute atomic E-state index is 11.2. The Morgan fingerprint density at radius 1 is 1.40 bits per heavy atom. The van der Waals surface area contributed by atoms with Crippen LogP contribution in [-0.2, 0) is 0 Å². The number of hydrogen-bond donors (Lipinski definition) is 2. The minimum Gasteiger partial charge on any atom is -0.363 e. The molecule has 0 atom stereocenters. The van der Waals surface area contributed by atoms with Crippen LogP contribution in [-0.4, -0.2) is 39.0 Å². The lowest BCUT2D eigenvalue weighted by molar-refractivity contribution is -0.385. The Morgan fingerprint density at radius 3 is 2.60 bits per heavy atom. The molecule has 2 N–H and O–H groups in total. The molecule has 110 valence electrons. The topological polar surface area (TPSA) is 93.0 Å². The lowest BCUT2D eigenvalue weighted by Crippen LogP contribution is -2.20. The van der Waals surface area contributed by atoms with Crippen molar-refractivity contribution < 1.29 is 4.92 Å². The highest BCUT2D eigenvalue weighted by Crippen LogP contribution is 2.47. The number of nitrogens with one attached hydrogen (secondary N) is 2. The van der Waals surface area contributed by atoms with Gasteiger partial charge in [-0.05, 0) is 32.9 Å². The summed E-state index contributed by atoms with van der Waals surface area (Å²) in [4.78, 5) is 19.1. The number of anilines is 2. The summed E-state index contributed by atoms with van der Waals surface area (Å²) in [5, 5.41) is 17.3. The molecule has 0 radical (unpaired) electrons. The van der Waals surface area contributed by atoms with E-state index >= 15 is 0 Å². The van der Waals surface area contributed by atoms with Crippen molar-refractivity contribution in [2.45, 2.75) is 31.4 Å². The van der Waals surface area contributed by atoms with Gasteiger partial charge in [0, 0.05) is 17.8 Å². The monoisotopic (exact) mass is 297 g/mol. The van der Waals surface area contributed by atoms with Gasteiger partial charge < -0.3 is 10.6 Å². The Kier molecular flexibility index (Phi) is 4.32. The Bertz CT molecular complexity index is 519. The number of hydrogen-bond acceptors (Lipinski definition) is 7. The number of aromatic nitrogens is 2. The van der Waals surface area contributed by atoms with E-state index in [1.54, 1.807) is 18.7 Å². The first-order valence-corrected chi connectivity index (χ1v) is 7.80. The van der Waals surface area contributed by atoms with Crippen molar-refractivity contribution in [2.75, 3.05) is 30.0 Å². The van der Waals surface area contributed by atoms with Gasteiger partial charge in [0.15, 0.2) is 0 Å². The molecule has 1 saturated carbocycles.